The first-order valence-corrected chi connectivity index (χ1v) is 6.63. The highest BCUT2D eigenvalue weighted by Crippen LogP contribution is 2.13. The van der Waals surface area contributed by atoms with Crippen molar-refractivity contribution in [2.45, 2.75) is 26.7 Å². The summed E-state index contributed by atoms with van der Waals surface area (Å²) in [5.41, 5.74) is 3.09. The fourth-order valence-electron chi connectivity index (χ4n) is 1.77. The van der Waals surface area contributed by atoms with E-state index in [1.807, 2.05) is 30.3 Å². The third-order valence-corrected chi connectivity index (χ3v) is 2.76. The van der Waals surface area contributed by atoms with Crippen molar-refractivity contribution in [1.82, 2.24) is 5.48 Å². The molecule has 1 N–H and O–H groups in total. The van der Waals surface area contributed by atoms with Gasteiger partial charge in [0.1, 0.15) is 0 Å². The quantitative estimate of drug-likeness (QED) is 0.633. The molecular formula is C15H19NO5. The van der Waals surface area contributed by atoms with E-state index in [2.05, 4.69) is 10.3 Å². The average molecular weight is 293 g/mol. The van der Waals surface area contributed by atoms with Gasteiger partial charge in [0.2, 0.25) is 0 Å². The van der Waals surface area contributed by atoms with Gasteiger partial charge in [-0.2, -0.15) is 5.48 Å². The van der Waals surface area contributed by atoms with E-state index in [0.29, 0.717) is 12.8 Å². The first-order valence-electron chi connectivity index (χ1n) is 6.63. The SMILES string of the molecule is CC(=O)OCCC(Cc1ccccc1)C(=O)NOC(C)=O. The van der Waals surface area contributed by atoms with Gasteiger partial charge in [0.25, 0.3) is 5.91 Å². The Hall–Kier alpha value is -2.37. The maximum Gasteiger partial charge on any atom is 0.329 e. The van der Waals surface area contributed by atoms with Crippen LogP contribution in [0.15, 0.2) is 30.3 Å². The molecule has 1 rings (SSSR count). The van der Waals surface area contributed by atoms with Crippen LogP contribution in [0.3, 0.4) is 0 Å². The van der Waals surface area contributed by atoms with E-state index in [9.17, 15) is 14.4 Å². The van der Waals surface area contributed by atoms with E-state index >= 15 is 0 Å². The Morgan fingerprint density at radius 3 is 2.33 bits per heavy atom. The van der Waals surface area contributed by atoms with Crippen LogP contribution in [0.1, 0.15) is 25.8 Å². The van der Waals surface area contributed by atoms with Crippen molar-refractivity contribution < 1.29 is 24.0 Å². The topological polar surface area (TPSA) is 81.7 Å². The summed E-state index contributed by atoms with van der Waals surface area (Å²) >= 11 is 0. The molecule has 0 aliphatic heterocycles. The Morgan fingerprint density at radius 2 is 1.76 bits per heavy atom. The summed E-state index contributed by atoms with van der Waals surface area (Å²) in [5, 5.41) is 0. The van der Waals surface area contributed by atoms with Crippen LogP contribution in [0, 0.1) is 5.92 Å². The lowest BCUT2D eigenvalue weighted by Crippen LogP contribution is -2.34. The molecule has 1 aromatic carbocycles. The van der Waals surface area contributed by atoms with Crippen LogP contribution in [0.5, 0.6) is 0 Å². The molecule has 0 saturated carbocycles. The van der Waals surface area contributed by atoms with Crippen LogP contribution in [0.4, 0.5) is 0 Å². The highest BCUT2D eigenvalue weighted by molar-refractivity contribution is 5.79. The number of hydroxylamine groups is 1. The summed E-state index contributed by atoms with van der Waals surface area (Å²) in [4.78, 5) is 38.0. The molecule has 0 saturated heterocycles. The van der Waals surface area contributed by atoms with Crippen molar-refractivity contribution in [3.8, 4) is 0 Å². The number of hydrogen-bond donors (Lipinski definition) is 1. The minimum absolute atomic E-state index is 0.139. The van der Waals surface area contributed by atoms with Crippen molar-refractivity contribution in [1.29, 1.82) is 0 Å². The second-order valence-corrected chi connectivity index (χ2v) is 4.58. The number of ether oxygens (including phenoxy) is 1. The summed E-state index contributed by atoms with van der Waals surface area (Å²) in [6, 6.07) is 9.44. The Kier molecular flexibility index (Phi) is 6.94. The third kappa shape index (κ3) is 7.10. The molecule has 1 unspecified atom stereocenters. The van der Waals surface area contributed by atoms with E-state index in [0.717, 1.165) is 5.56 Å². The maximum absolute atomic E-state index is 12.0. The second kappa shape index (κ2) is 8.73. The predicted octanol–water partition coefficient (Wildman–Crippen LogP) is 1.39. The standard InChI is InChI=1S/C15H19NO5/c1-11(17)20-9-8-14(15(19)16-21-12(2)18)10-13-6-4-3-5-7-13/h3-7,14H,8-10H2,1-2H3,(H,16,19). The van der Waals surface area contributed by atoms with Gasteiger partial charge in [-0.1, -0.05) is 30.3 Å². The van der Waals surface area contributed by atoms with Crippen LogP contribution < -0.4 is 5.48 Å². The highest BCUT2D eigenvalue weighted by Gasteiger charge is 2.20. The summed E-state index contributed by atoms with van der Waals surface area (Å²) in [5.74, 6) is -1.86. The Labute approximate surface area is 123 Å². The maximum atomic E-state index is 12.0. The molecule has 6 heteroatoms. The lowest BCUT2D eigenvalue weighted by Gasteiger charge is -2.16. The van der Waals surface area contributed by atoms with E-state index in [1.165, 1.54) is 13.8 Å². The minimum atomic E-state index is -0.596. The van der Waals surface area contributed by atoms with E-state index in [1.54, 1.807) is 0 Å². The first-order chi connectivity index (χ1) is 9.99. The Bertz CT molecular complexity index is 486. The van der Waals surface area contributed by atoms with Gasteiger partial charge in [0.05, 0.1) is 6.61 Å². The van der Waals surface area contributed by atoms with E-state index in [-0.39, 0.29) is 6.61 Å². The molecule has 21 heavy (non-hydrogen) atoms. The molecular weight excluding hydrogens is 274 g/mol. The molecule has 0 radical (unpaired) electrons. The third-order valence-electron chi connectivity index (χ3n) is 2.76. The molecule has 0 fully saturated rings. The van der Waals surface area contributed by atoms with Crippen LogP contribution in [0.2, 0.25) is 0 Å². The number of carbonyl (C=O) groups is 3. The van der Waals surface area contributed by atoms with Crippen molar-refractivity contribution >= 4 is 17.8 Å². The van der Waals surface area contributed by atoms with Gasteiger partial charge in [0, 0.05) is 19.8 Å². The number of benzene rings is 1. The van der Waals surface area contributed by atoms with Gasteiger partial charge in [-0.05, 0) is 18.4 Å². The number of hydrogen-bond acceptors (Lipinski definition) is 5. The van der Waals surface area contributed by atoms with Crippen molar-refractivity contribution in [3.05, 3.63) is 35.9 Å². The van der Waals surface area contributed by atoms with Crippen molar-refractivity contribution in [2.75, 3.05) is 6.61 Å². The lowest BCUT2D eigenvalue weighted by molar-refractivity contribution is -0.158. The van der Waals surface area contributed by atoms with Gasteiger partial charge in [0.15, 0.2) is 0 Å². The molecule has 1 amide bonds. The number of esters is 1. The summed E-state index contributed by atoms with van der Waals surface area (Å²) in [6.07, 6.45) is 0.816. The van der Waals surface area contributed by atoms with Crippen LogP contribution in [-0.4, -0.2) is 24.5 Å². The first kappa shape index (κ1) is 16.7. The predicted molar refractivity (Wildman–Crippen MR) is 74.8 cm³/mol. The van der Waals surface area contributed by atoms with Crippen LogP contribution in [-0.2, 0) is 30.4 Å². The number of carbonyl (C=O) groups excluding carboxylic acids is 3. The fraction of sp³-hybridized carbons (Fsp3) is 0.400. The highest BCUT2D eigenvalue weighted by atomic mass is 16.7. The van der Waals surface area contributed by atoms with Gasteiger partial charge >= 0.3 is 11.9 Å². The van der Waals surface area contributed by atoms with E-state index < -0.39 is 23.8 Å². The van der Waals surface area contributed by atoms with Gasteiger partial charge in [-0.25, -0.2) is 0 Å². The zero-order valence-corrected chi connectivity index (χ0v) is 12.1. The summed E-state index contributed by atoms with van der Waals surface area (Å²) < 4.78 is 4.86. The Morgan fingerprint density at radius 1 is 1.10 bits per heavy atom. The normalized spacial score (nSPS) is 11.3. The van der Waals surface area contributed by atoms with Gasteiger partial charge in [-0.15, -0.1) is 0 Å². The molecule has 6 nitrogen and oxygen atoms in total. The average Bonchev–Trinajstić information content (AvgIpc) is 2.44. The molecule has 0 heterocycles. The Balaban J connectivity index is 2.62. The fourth-order valence-corrected chi connectivity index (χ4v) is 1.77. The van der Waals surface area contributed by atoms with Gasteiger partial charge < -0.3 is 9.57 Å². The molecule has 0 spiro atoms. The zero-order valence-electron chi connectivity index (χ0n) is 12.1. The molecule has 114 valence electrons. The molecule has 1 aromatic rings. The summed E-state index contributed by atoms with van der Waals surface area (Å²) in [6.45, 7) is 2.65. The number of rotatable bonds is 6. The lowest BCUT2D eigenvalue weighted by atomic mass is 9.96. The zero-order chi connectivity index (χ0) is 15.7. The van der Waals surface area contributed by atoms with Crippen LogP contribution in [0.25, 0.3) is 0 Å². The second-order valence-electron chi connectivity index (χ2n) is 4.58. The molecule has 1 atom stereocenters. The number of nitrogens with one attached hydrogen (secondary N) is 1. The van der Waals surface area contributed by atoms with Crippen LogP contribution >= 0.6 is 0 Å². The van der Waals surface area contributed by atoms with E-state index in [4.69, 9.17) is 4.74 Å². The van der Waals surface area contributed by atoms with Crippen molar-refractivity contribution in [3.63, 3.8) is 0 Å². The van der Waals surface area contributed by atoms with Crippen molar-refractivity contribution in [2.24, 2.45) is 5.92 Å². The molecule has 0 aromatic heterocycles. The van der Waals surface area contributed by atoms with Gasteiger partial charge in [-0.3, -0.25) is 14.4 Å². The minimum Gasteiger partial charge on any atom is -0.466 e. The molecule has 0 aliphatic carbocycles. The largest absolute Gasteiger partial charge is 0.466 e. The monoisotopic (exact) mass is 293 g/mol. The molecule has 0 bridgehead atoms. The molecule has 0 aliphatic rings. The summed E-state index contributed by atoms with van der Waals surface area (Å²) in [7, 11) is 0. The number of amides is 1. The smallest absolute Gasteiger partial charge is 0.329 e.